The van der Waals surface area contributed by atoms with E-state index < -0.39 is 0 Å². The van der Waals surface area contributed by atoms with Crippen molar-refractivity contribution in [3.05, 3.63) is 32.7 Å². The summed E-state index contributed by atoms with van der Waals surface area (Å²) in [5.74, 6) is -0.0244. The molecule has 19 heavy (non-hydrogen) atoms. The molecule has 100 valence electrons. The highest BCUT2D eigenvalue weighted by atomic mass is 79.9. The van der Waals surface area contributed by atoms with Gasteiger partial charge in [-0.1, -0.05) is 0 Å². The molecule has 2 N–H and O–H groups in total. The van der Waals surface area contributed by atoms with Crippen LogP contribution < -0.4 is 5.69 Å². The SMILES string of the molecule is O=C(c1cc2[nH]c(=O)[nH]c2cc1Br)C1CCCOC1. The van der Waals surface area contributed by atoms with E-state index in [4.69, 9.17) is 4.74 Å². The molecule has 3 rings (SSSR count). The largest absolute Gasteiger partial charge is 0.381 e. The lowest BCUT2D eigenvalue weighted by atomic mass is 9.92. The summed E-state index contributed by atoms with van der Waals surface area (Å²) in [6, 6.07) is 3.47. The van der Waals surface area contributed by atoms with Crippen LogP contribution in [0.5, 0.6) is 0 Å². The molecule has 0 spiro atoms. The van der Waals surface area contributed by atoms with E-state index >= 15 is 0 Å². The Hall–Kier alpha value is -1.40. The molecule has 1 aromatic carbocycles. The van der Waals surface area contributed by atoms with Gasteiger partial charge in [0, 0.05) is 22.6 Å². The minimum absolute atomic E-state index is 0.0653. The van der Waals surface area contributed by atoms with E-state index in [1.165, 1.54) is 0 Å². The van der Waals surface area contributed by atoms with Crippen LogP contribution >= 0.6 is 15.9 Å². The molecule has 1 aliphatic heterocycles. The van der Waals surface area contributed by atoms with Crippen LogP contribution in [0.3, 0.4) is 0 Å². The zero-order valence-electron chi connectivity index (χ0n) is 10.2. The average molecular weight is 325 g/mol. The fourth-order valence-electron chi connectivity index (χ4n) is 2.41. The maximum Gasteiger partial charge on any atom is 0.323 e. The van der Waals surface area contributed by atoms with Crippen LogP contribution in [-0.4, -0.2) is 29.0 Å². The highest BCUT2D eigenvalue weighted by Gasteiger charge is 2.25. The third-order valence-electron chi connectivity index (χ3n) is 3.40. The Bertz CT molecular complexity index is 683. The van der Waals surface area contributed by atoms with Crippen LogP contribution in [0.1, 0.15) is 23.2 Å². The molecule has 1 aliphatic rings. The smallest absolute Gasteiger partial charge is 0.323 e. The Morgan fingerprint density at radius 2 is 2.05 bits per heavy atom. The van der Waals surface area contributed by atoms with Gasteiger partial charge in [0.1, 0.15) is 0 Å². The number of nitrogens with one attached hydrogen (secondary N) is 2. The molecule has 1 saturated heterocycles. The number of halogens is 1. The summed E-state index contributed by atoms with van der Waals surface area (Å²) in [5, 5.41) is 0. The number of Topliss-reactive ketones (excluding diaryl/α,β-unsaturated/α-hetero) is 1. The molecule has 1 unspecified atom stereocenters. The molecule has 0 aliphatic carbocycles. The first-order chi connectivity index (χ1) is 9.15. The number of H-pyrrole nitrogens is 2. The fraction of sp³-hybridized carbons (Fsp3) is 0.385. The van der Waals surface area contributed by atoms with Gasteiger partial charge in [0.2, 0.25) is 0 Å². The monoisotopic (exact) mass is 324 g/mol. The van der Waals surface area contributed by atoms with E-state index in [0.717, 1.165) is 19.4 Å². The minimum atomic E-state index is -0.271. The Balaban J connectivity index is 2.01. The summed E-state index contributed by atoms with van der Waals surface area (Å²) in [6.45, 7) is 1.21. The van der Waals surface area contributed by atoms with Crippen molar-refractivity contribution in [2.24, 2.45) is 5.92 Å². The lowest BCUT2D eigenvalue weighted by molar-refractivity contribution is 0.0461. The first-order valence-corrected chi connectivity index (χ1v) is 6.98. The van der Waals surface area contributed by atoms with E-state index in [9.17, 15) is 9.59 Å². The van der Waals surface area contributed by atoms with Crippen LogP contribution in [0.15, 0.2) is 21.4 Å². The number of aromatic amines is 2. The number of carbonyl (C=O) groups is 1. The van der Waals surface area contributed by atoms with Crippen molar-refractivity contribution in [3.8, 4) is 0 Å². The van der Waals surface area contributed by atoms with Crippen molar-refractivity contribution in [1.82, 2.24) is 9.97 Å². The van der Waals surface area contributed by atoms with E-state index in [-0.39, 0.29) is 17.4 Å². The number of fused-ring (bicyclic) bond motifs is 1. The van der Waals surface area contributed by atoms with Crippen molar-refractivity contribution in [3.63, 3.8) is 0 Å². The normalized spacial score (nSPS) is 19.7. The van der Waals surface area contributed by atoms with Crippen molar-refractivity contribution in [1.29, 1.82) is 0 Å². The molecule has 1 aromatic heterocycles. The van der Waals surface area contributed by atoms with Crippen molar-refractivity contribution >= 4 is 32.7 Å². The van der Waals surface area contributed by atoms with Gasteiger partial charge < -0.3 is 14.7 Å². The Labute approximate surface area is 117 Å². The third kappa shape index (κ3) is 2.37. The molecular weight excluding hydrogens is 312 g/mol. The highest BCUT2D eigenvalue weighted by molar-refractivity contribution is 9.10. The third-order valence-corrected chi connectivity index (χ3v) is 4.06. The van der Waals surface area contributed by atoms with Gasteiger partial charge in [-0.2, -0.15) is 0 Å². The summed E-state index contributed by atoms with van der Waals surface area (Å²) in [6.07, 6.45) is 1.77. The quantitative estimate of drug-likeness (QED) is 0.832. The molecule has 0 bridgehead atoms. The topological polar surface area (TPSA) is 75.0 Å². The van der Waals surface area contributed by atoms with Gasteiger partial charge in [0.25, 0.3) is 0 Å². The van der Waals surface area contributed by atoms with Crippen molar-refractivity contribution in [2.75, 3.05) is 13.2 Å². The predicted molar refractivity (Wildman–Crippen MR) is 74.5 cm³/mol. The van der Waals surface area contributed by atoms with Gasteiger partial charge in [-0.15, -0.1) is 0 Å². The number of ketones is 1. The molecule has 0 radical (unpaired) electrons. The number of ether oxygens (including phenoxy) is 1. The van der Waals surface area contributed by atoms with Crippen LogP contribution in [0.2, 0.25) is 0 Å². The predicted octanol–water partition coefficient (Wildman–Crippen LogP) is 2.23. The van der Waals surface area contributed by atoms with Crippen LogP contribution in [-0.2, 0) is 4.74 Å². The zero-order chi connectivity index (χ0) is 13.4. The maximum absolute atomic E-state index is 12.5. The standard InChI is InChI=1S/C13H13BrN2O3/c14-9-5-11-10(15-13(18)16-11)4-8(9)12(17)7-2-1-3-19-6-7/h4-5,7H,1-3,6H2,(H2,15,16,18). The lowest BCUT2D eigenvalue weighted by Gasteiger charge is -2.21. The second-order valence-electron chi connectivity index (χ2n) is 4.74. The number of hydrogen-bond acceptors (Lipinski definition) is 3. The molecule has 1 fully saturated rings. The van der Waals surface area contributed by atoms with Gasteiger partial charge in [-0.3, -0.25) is 4.79 Å². The van der Waals surface area contributed by atoms with E-state index in [0.29, 0.717) is 27.7 Å². The first-order valence-electron chi connectivity index (χ1n) is 6.18. The number of rotatable bonds is 2. The summed E-state index contributed by atoms with van der Waals surface area (Å²) in [7, 11) is 0. The summed E-state index contributed by atoms with van der Waals surface area (Å²) in [5.41, 5.74) is 1.66. The molecule has 5 nitrogen and oxygen atoms in total. The molecular formula is C13H13BrN2O3. The highest BCUT2D eigenvalue weighted by Crippen LogP contribution is 2.27. The van der Waals surface area contributed by atoms with Crippen LogP contribution in [0, 0.1) is 5.92 Å². The number of imidazole rings is 1. The lowest BCUT2D eigenvalue weighted by Crippen LogP contribution is -2.25. The second kappa shape index (κ2) is 4.94. The fourth-order valence-corrected chi connectivity index (χ4v) is 2.95. The molecule has 0 amide bonds. The molecule has 6 heteroatoms. The number of carbonyl (C=O) groups excluding carboxylic acids is 1. The summed E-state index contributed by atoms with van der Waals surface area (Å²) in [4.78, 5) is 29.0. The maximum atomic E-state index is 12.5. The van der Waals surface area contributed by atoms with E-state index in [2.05, 4.69) is 25.9 Å². The number of hydrogen-bond donors (Lipinski definition) is 2. The summed E-state index contributed by atoms with van der Waals surface area (Å²) < 4.78 is 6.06. The number of aromatic nitrogens is 2. The van der Waals surface area contributed by atoms with E-state index in [1.807, 2.05) is 0 Å². The van der Waals surface area contributed by atoms with E-state index in [1.54, 1.807) is 12.1 Å². The number of benzene rings is 1. The molecule has 0 saturated carbocycles. The van der Waals surface area contributed by atoms with Gasteiger partial charge in [-0.25, -0.2) is 4.79 Å². The Kier molecular flexibility index (Phi) is 3.28. The molecule has 2 aromatic rings. The van der Waals surface area contributed by atoms with Crippen LogP contribution in [0.25, 0.3) is 11.0 Å². The van der Waals surface area contributed by atoms with Gasteiger partial charge in [0.15, 0.2) is 5.78 Å². The van der Waals surface area contributed by atoms with Gasteiger partial charge in [-0.05, 0) is 40.9 Å². The van der Waals surface area contributed by atoms with Gasteiger partial charge in [0.05, 0.1) is 17.6 Å². The van der Waals surface area contributed by atoms with Gasteiger partial charge >= 0.3 is 5.69 Å². The van der Waals surface area contributed by atoms with Crippen molar-refractivity contribution < 1.29 is 9.53 Å². The molecule has 2 heterocycles. The Morgan fingerprint density at radius 1 is 1.32 bits per heavy atom. The first kappa shape index (κ1) is 12.6. The second-order valence-corrected chi connectivity index (χ2v) is 5.59. The van der Waals surface area contributed by atoms with Crippen LogP contribution in [0.4, 0.5) is 0 Å². The Morgan fingerprint density at radius 3 is 2.74 bits per heavy atom. The average Bonchev–Trinajstić information content (AvgIpc) is 2.77. The molecule has 1 atom stereocenters. The summed E-state index contributed by atoms with van der Waals surface area (Å²) >= 11 is 3.40. The minimum Gasteiger partial charge on any atom is -0.381 e. The van der Waals surface area contributed by atoms with Crippen molar-refractivity contribution in [2.45, 2.75) is 12.8 Å². The zero-order valence-corrected chi connectivity index (χ0v) is 11.7.